The molecule has 0 radical (unpaired) electrons. The SMILES string of the molecule is O=C1c2ccccc2CN1c1ncco1. The molecule has 0 bridgehead atoms. The van der Waals surface area contributed by atoms with E-state index < -0.39 is 0 Å². The number of carbonyl (C=O) groups is 1. The molecule has 1 aromatic carbocycles. The number of anilines is 1. The molecule has 1 aromatic heterocycles. The van der Waals surface area contributed by atoms with Crippen molar-refractivity contribution in [3.05, 3.63) is 47.9 Å². The minimum Gasteiger partial charge on any atom is -0.432 e. The van der Waals surface area contributed by atoms with Gasteiger partial charge in [-0.05, 0) is 11.6 Å². The van der Waals surface area contributed by atoms with Crippen LogP contribution in [0.4, 0.5) is 6.01 Å². The Kier molecular flexibility index (Phi) is 1.62. The molecule has 0 fully saturated rings. The first-order valence-corrected chi connectivity index (χ1v) is 4.65. The van der Waals surface area contributed by atoms with Crippen molar-refractivity contribution < 1.29 is 9.21 Å². The summed E-state index contributed by atoms with van der Waals surface area (Å²) in [5.74, 6) is -0.0481. The van der Waals surface area contributed by atoms with Crippen molar-refractivity contribution in [1.29, 1.82) is 0 Å². The van der Waals surface area contributed by atoms with Gasteiger partial charge in [0.2, 0.25) is 0 Å². The van der Waals surface area contributed by atoms with E-state index in [0.717, 1.165) is 11.1 Å². The molecule has 0 atom stereocenters. The first-order valence-electron chi connectivity index (χ1n) is 4.65. The number of oxazole rings is 1. The Morgan fingerprint density at radius 1 is 1.33 bits per heavy atom. The van der Waals surface area contributed by atoms with Crippen molar-refractivity contribution >= 4 is 11.9 Å². The van der Waals surface area contributed by atoms with E-state index in [9.17, 15) is 4.79 Å². The Hall–Kier alpha value is -2.10. The van der Waals surface area contributed by atoms with Gasteiger partial charge in [0.15, 0.2) is 0 Å². The second-order valence-electron chi connectivity index (χ2n) is 3.36. The van der Waals surface area contributed by atoms with Crippen LogP contribution in [0, 0.1) is 0 Å². The molecule has 0 aliphatic carbocycles. The predicted octanol–water partition coefficient (Wildman–Crippen LogP) is 1.83. The summed E-state index contributed by atoms with van der Waals surface area (Å²) in [7, 11) is 0. The van der Waals surface area contributed by atoms with Gasteiger partial charge in [-0.15, -0.1) is 0 Å². The molecule has 1 aliphatic rings. The van der Waals surface area contributed by atoms with Crippen LogP contribution in [-0.2, 0) is 6.54 Å². The van der Waals surface area contributed by atoms with Crippen LogP contribution < -0.4 is 4.90 Å². The van der Waals surface area contributed by atoms with Crippen LogP contribution >= 0.6 is 0 Å². The largest absolute Gasteiger partial charge is 0.432 e. The van der Waals surface area contributed by atoms with Crippen molar-refractivity contribution in [3.8, 4) is 0 Å². The van der Waals surface area contributed by atoms with E-state index >= 15 is 0 Å². The fraction of sp³-hybridized carbons (Fsp3) is 0.0909. The average Bonchev–Trinajstić information content (AvgIpc) is 2.87. The third kappa shape index (κ3) is 1.15. The molecule has 2 aromatic rings. The van der Waals surface area contributed by atoms with Crippen molar-refractivity contribution in [2.75, 3.05) is 4.90 Å². The first kappa shape index (κ1) is 8.23. The standard InChI is InChI=1S/C11H8N2O2/c14-10-9-4-2-1-3-8(9)7-13(10)11-12-5-6-15-11/h1-6H,7H2. The molecule has 0 N–H and O–H groups in total. The van der Waals surface area contributed by atoms with Gasteiger partial charge in [0.05, 0.1) is 12.7 Å². The molecule has 74 valence electrons. The fourth-order valence-corrected chi connectivity index (χ4v) is 1.76. The molecule has 0 spiro atoms. The number of aromatic nitrogens is 1. The van der Waals surface area contributed by atoms with Gasteiger partial charge < -0.3 is 4.42 Å². The van der Waals surface area contributed by atoms with Gasteiger partial charge in [-0.3, -0.25) is 9.69 Å². The average molecular weight is 200 g/mol. The highest BCUT2D eigenvalue weighted by molar-refractivity contribution is 6.08. The second-order valence-corrected chi connectivity index (χ2v) is 3.36. The molecule has 0 saturated heterocycles. The smallest absolute Gasteiger partial charge is 0.304 e. The third-order valence-electron chi connectivity index (χ3n) is 2.47. The van der Waals surface area contributed by atoms with Gasteiger partial charge in [0.25, 0.3) is 5.91 Å². The number of nitrogens with zero attached hydrogens (tertiary/aromatic N) is 2. The van der Waals surface area contributed by atoms with Gasteiger partial charge in [-0.25, -0.2) is 4.98 Å². The van der Waals surface area contributed by atoms with Gasteiger partial charge in [0, 0.05) is 5.56 Å². The molecule has 15 heavy (non-hydrogen) atoms. The van der Waals surface area contributed by atoms with Gasteiger partial charge in [-0.1, -0.05) is 18.2 Å². The minimum absolute atomic E-state index is 0.0481. The maximum absolute atomic E-state index is 11.9. The molecule has 4 heteroatoms. The van der Waals surface area contributed by atoms with E-state index in [2.05, 4.69) is 4.98 Å². The van der Waals surface area contributed by atoms with Gasteiger partial charge in [-0.2, -0.15) is 0 Å². The van der Waals surface area contributed by atoms with Crippen LogP contribution in [0.5, 0.6) is 0 Å². The van der Waals surface area contributed by atoms with Crippen LogP contribution in [0.3, 0.4) is 0 Å². The highest BCUT2D eigenvalue weighted by atomic mass is 16.4. The molecule has 1 aliphatic heterocycles. The minimum atomic E-state index is -0.0481. The Labute approximate surface area is 86.1 Å². The quantitative estimate of drug-likeness (QED) is 0.705. The summed E-state index contributed by atoms with van der Waals surface area (Å²) in [6.07, 6.45) is 3.00. The van der Waals surface area contributed by atoms with E-state index in [1.54, 1.807) is 0 Å². The first-order chi connectivity index (χ1) is 7.36. The molecule has 1 amide bonds. The summed E-state index contributed by atoms with van der Waals surface area (Å²) < 4.78 is 5.11. The van der Waals surface area contributed by atoms with Crippen molar-refractivity contribution in [2.45, 2.75) is 6.54 Å². The highest BCUT2D eigenvalue weighted by Crippen LogP contribution is 2.26. The van der Waals surface area contributed by atoms with E-state index in [-0.39, 0.29) is 5.91 Å². The maximum atomic E-state index is 11.9. The van der Waals surface area contributed by atoms with Gasteiger partial charge in [0.1, 0.15) is 6.26 Å². The monoisotopic (exact) mass is 200 g/mol. The molecular weight excluding hydrogens is 192 g/mol. The number of carbonyl (C=O) groups excluding carboxylic acids is 1. The molecule has 3 rings (SSSR count). The number of fused-ring (bicyclic) bond motifs is 1. The Morgan fingerprint density at radius 3 is 2.93 bits per heavy atom. The van der Waals surface area contributed by atoms with E-state index in [1.165, 1.54) is 17.4 Å². The fourth-order valence-electron chi connectivity index (χ4n) is 1.76. The lowest BCUT2D eigenvalue weighted by molar-refractivity contribution is 0.0991. The third-order valence-corrected chi connectivity index (χ3v) is 2.47. The zero-order valence-electron chi connectivity index (χ0n) is 7.88. The summed E-state index contributed by atoms with van der Waals surface area (Å²) >= 11 is 0. The van der Waals surface area contributed by atoms with E-state index in [0.29, 0.717) is 12.6 Å². The van der Waals surface area contributed by atoms with E-state index in [4.69, 9.17) is 4.42 Å². The summed E-state index contributed by atoms with van der Waals surface area (Å²) in [5, 5.41) is 0. The van der Waals surface area contributed by atoms with Crippen LogP contribution in [0.15, 0.2) is 41.1 Å². The number of hydrogen-bond donors (Lipinski definition) is 0. The lowest BCUT2D eigenvalue weighted by atomic mass is 10.1. The lowest BCUT2D eigenvalue weighted by Crippen LogP contribution is -2.23. The van der Waals surface area contributed by atoms with Crippen LogP contribution in [0.2, 0.25) is 0 Å². The van der Waals surface area contributed by atoms with Crippen LogP contribution in [0.25, 0.3) is 0 Å². The number of amides is 1. The molecule has 0 unspecified atom stereocenters. The molecule has 4 nitrogen and oxygen atoms in total. The summed E-state index contributed by atoms with van der Waals surface area (Å²) in [6.45, 7) is 0.537. The van der Waals surface area contributed by atoms with Crippen molar-refractivity contribution in [3.63, 3.8) is 0 Å². The van der Waals surface area contributed by atoms with Crippen LogP contribution in [-0.4, -0.2) is 10.9 Å². The van der Waals surface area contributed by atoms with E-state index in [1.807, 2.05) is 24.3 Å². The van der Waals surface area contributed by atoms with Crippen molar-refractivity contribution in [1.82, 2.24) is 4.98 Å². The topological polar surface area (TPSA) is 46.3 Å². The highest BCUT2D eigenvalue weighted by Gasteiger charge is 2.30. The van der Waals surface area contributed by atoms with Crippen molar-refractivity contribution in [2.24, 2.45) is 0 Å². The predicted molar refractivity (Wildman–Crippen MR) is 53.5 cm³/mol. The molecular formula is C11H8N2O2. The number of rotatable bonds is 1. The summed E-state index contributed by atoms with van der Waals surface area (Å²) in [4.78, 5) is 17.4. The zero-order chi connectivity index (χ0) is 10.3. The Bertz CT molecular complexity index is 505. The Morgan fingerprint density at radius 2 is 2.20 bits per heavy atom. The maximum Gasteiger partial charge on any atom is 0.304 e. The zero-order valence-corrected chi connectivity index (χ0v) is 7.88. The number of benzene rings is 1. The normalized spacial score (nSPS) is 14.4. The summed E-state index contributed by atoms with van der Waals surface area (Å²) in [6, 6.07) is 7.90. The van der Waals surface area contributed by atoms with Gasteiger partial charge >= 0.3 is 6.01 Å². The summed E-state index contributed by atoms with van der Waals surface area (Å²) in [5.41, 5.74) is 1.75. The molecule has 2 heterocycles. The lowest BCUT2D eigenvalue weighted by Gasteiger charge is -2.08. The Balaban J connectivity index is 2.04. The number of hydrogen-bond acceptors (Lipinski definition) is 3. The van der Waals surface area contributed by atoms with Crippen LogP contribution in [0.1, 0.15) is 15.9 Å². The molecule has 0 saturated carbocycles. The second kappa shape index (κ2) is 2.95.